The van der Waals surface area contributed by atoms with Crippen molar-refractivity contribution in [2.45, 2.75) is 40.0 Å². The van der Waals surface area contributed by atoms with E-state index in [1.807, 2.05) is 7.05 Å². The molecule has 88 valence electrons. The largest absolute Gasteiger partial charge is 0.372 e. The second kappa shape index (κ2) is 4.19. The minimum absolute atomic E-state index is 0.225. The van der Waals surface area contributed by atoms with Gasteiger partial charge in [0.2, 0.25) is 0 Å². The lowest BCUT2D eigenvalue weighted by Gasteiger charge is -2.31. The van der Waals surface area contributed by atoms with Crippen LogP contribution in [0.3, 0.4) is 0 Å². The van der Waals surface area contributed by atoms with Crippen molar-refractivity contribution in [1.82, 2.24) is 5.32 Å². The van der Waals surface area contributed by atoms with Crippen molar-refractivity contribution in [3.63, 3.8) is 0 Å². The summed E-state index contributed by atoms with van der Waals surface area (Å²) in [6, 6.07) is 7.10. The van der Waals surface area contributed by atoms with Gasteiger partial charge in [0.1, 0.15) is 0 Å². The van der Waals surface area contributed by atoms with E-state index < -0.39 is 0 Å². The maximum atomic E-state index is 5.45. The molecule has 0 aliphatic carbocycles. The van der Waals surface area contributed by atoms with Crippen LogP contribution in [0.2, 0.25) is 0 Å². The van der Waals surface area contributed by atoms with Crippen LogP contribution < -0.4 is 5.32 Å². The summed E-state index contributed by atoms with van der Waals surface area (Å²) < 4.78 is 5.45. The fraction of sp³-hybridized carbons (Fsp3) is 0.571. The topological polar surface area (TPSA) is 21.3 Å². The molecule has 0 saturated heterocycles. The molecule has 1 atom stereocenters. The molecule has 0 fully saturated rings. The Morgan fingerprint density at radius 2 is 1.88 bits per heavy atom. The summed E-state index contributed by atoms with van der Waals surface area (Å²) in [5, 5.41) is 3.41. The summed E-state index contributed by atoms with van der Waals surface area (Å²) in [6.07, 6.45) is 0. The molecule has 0 saturated carbocycles. The summed E-state index contributed by atoms with van der Waals surface area (Å²) in [5.74, 6) is 0. The fourth-order valence-corrected chi connectivity index (χ4v) is 2.47. The van der Waals surface area contributed by atoms with Gasteiger partial charge in [-0.25, -0.2) is 0 Å². The quantitative estimate of drug-likeness (QED) is 0.825. The lowest BCUT2D eigenvalue weighted by molar-refractivity contribution is 0.134. The van der Waals surface area contributed by atoms with Crippen molar-refractivity contribution < 1.29 is 4.74 Å². The number of hydrogen-bond acceptors (Lipinski definition) is 2. The summed E-state index contributed by atoms with van der Waals surface area (Å²) >= 11 is 0. The van der Waals surface area contributed by atoms with Crippen LogP contribution in [0.4, 0.5) is 0 Å². The molecule has 1 aliphatic heterocycles. The van der Waals surface area contributed by atoms with Crippen LogP contribution in [-0.4, -0.2) is 7.05 Å². The van der Waals surface area contributed by atoms with Gasteiger partial charge in [0.05, 0.1) is 13.2 Å². The lowest BCUT2D eigenvalue weighted by atomic mass is 9.82. The first kappa shape index (κ1) is 11.6. The Morgan fingerprint density at radius 3 is 2.50 bits per heavy atom. The van der Waals surface area contributed by atoms with Gasteiger partial charge >= 0.3 is 0 Å². The molecule has 0 bridgehead atoms. The monoisotopic (exact) mass is 219 g/mol. The number of rotatable bonds is 2. The molecule has 1 heterocycles. The predicted molar refractivity (Wildman–Crippen MR) is 66.2 cm³/mol. The van der Waals surface area contributed by atoms with Crippen LogP contribution in [0, 0.1) is 5.41 Å². The van der Waals surface area contributed by atoms with Crippen molar-refractivity contribution in [2.24, 2.45) is 5.41 Å². The molecule has 0 amide bonds. The highest BCUT2D eigenvalue weighted by Crippen LogP contribution is 2.34. The van der Waals surface area contributed by atoms with E-state index in [1.54, 1.807) is 0 Å². The third-order valence-corrected chi connectivity index (χ3v) is 3.23. The lowest BCUT2D eigenvalue weighted by Crippen LogP contribution is -2.29. The molecular formula is C14H21NO. The molecule has 1 aliphatic rings. The van der Waals surface area contributed by atoms with E-state index >= 15 is 0 Å². The van der Waals surface area contributed by atoms with Gasteiger partial charge in [-0.2, -0.15) is 0 Å². The van der Waals surface area contributed by atoms with Gasteiger partial charge in [0, 0.05) is 6.04 Å². The van der Waals surface area contributed by atoms with Crippen LogP contribution in [-0.2, 0) is 18.0 Å². The zero-order valence-corrected chi connectivity index (χ0v) is 10.6. The number of fused-ring (bicyclic) bond motifs is 1. The zero-order chi connectivity index (χ0) is 11.8. The molecule has 2 nitrogen and oxygen atoms in total. The van der Waals surface area contributed by atoms with Gasteiger partial charge in [-0.05, 0) is 29.2 Å². The van der Waals surface area contributed by atoms with Crippen LogP contribution >= 0.6 is 0 Å². The van der Waals surface area contributed by atoms with Crippen molar-refractivity contribution >= 4 is 0 Å². The van der Waals surface area contributed by atoms with E-state index in [-0.39, 0.29) is 5.41 Å². The molecule has 0 spiro atoms. The Kier molecular flexibility index (Phi) is 3.04. The van der Waals surface area contributed by atoms with Crippen molar-refractivity contribution in [3.05, 3.63) is 34.9 Å². The third kappa shape index (κ3) is 2.13. The highest BCUT2D eigenvalue weighted by atomic mass is 16.5. The molecule has 0 radical (unpaired) electrons. The molecule has 1 N–H and O–H groups in total. The smallest absolute Gasteiger partial charge is 0.0725 e. The van der Waals surface area contributed by atoms with E-state index in [9.17, 15) is 0 Å². The number of nitrogens with one attached hydrogen (secondary N) is 1. The summed E-state index contributed by atoms with van der Waals surface area (Å²) in [7, 11) is 2.03. The van der Waals surface area contributed by atoms with Crippen molar-refractivity contribution in [2.75, 3.05) is 7.05 Å². The van der Waals surface area contributed by atoms with E-state index in [2.05, 4.69) is 44.3 Å². The number of ether oxygens (including phenoxy) is 1. The maximum absolute atomic E-state index is 5.45. The molecule has 1 unspecified atom stereocenters. The van der Waals surface area contributed by atoms with Crippen molar-refractivity contribution in [3.8, 4) is 0 Å². The SMILES string of the molecule is CNC(c1ccc2c(c1)COC2)C(C)(C)C. The average molecular weight is 219 g/mol. The first-order valence-corrected chi connectivity index (χ1v) is 5.89. The van der Waals surface area contributed by atoms with Gasteiger partial charge < -0.3 is 10.1 Å². The molecule has 1 aromatic carbocycles. The normalized spacial score (nSPS) is 17.2. The first-order valence-electron chi connectivity index (χ1n) is 5.89. The maximum Gasteiger partial charge on any atom is 0.0725 e. The van der Waals surface area contributed by atoms with Gasteiger partial charge in [0.25, 0.3) is 0 Å². The number of hydrogen-bond donors (Lipinski definition) is 1. The van der Waals surface area contributed by atoms with E-state index in [4.69, 9.17) is 4.74 Å². The third-order valence-electron chi connectivity index (χ3n) is 3.23. The summed E-state index contributed by atoms with van der Waals surface area (Å²) in [5.41, 5.74) is 4.27. The predicted octanol–water partition coefficient (Wildman–Crippen LogP) is 3.02. The Labute approximate surface area is 98.0 Å². The summed E-state index contributed by atoms with van der Waals surface area (Å²) in [4.78, 5) is 0. The second-order valence-electron chi connectivity index (χ2n) is 5.61. The zero-order valence-electron chi connectivity index (χ0n) is 10.6. The fourth-order valence-electron chi connectivity index (χ4n) is 2.47. The molecule has 1 aromatic rings. The van der Waals surface area contributed by atoms with Crippen LogP contribution in [0.15, 0.2) is 18.2 Å². The van der Waals surface area contributed by atoms with Gasteiger partial charge in [-0.3, -0.25) is 0 Å². The molecule has 2 rings (SSSR count). The second-order valence-corrected chi connectivity index (χ2v) is 5.61. The Balaban J connectivity index is 2.33. The molecule has 16 heavy (non-hydrogen) atoms. The average Bonchev–Trinajstić information content (AvgIpc) is 2.63. The van der Waals surface area contributed by atoms with E-state index in [0.29, 0.717) is 6.04 Å². The van der Waals surface area contributed by atoms with Gasteiger partial charge in [-0.15, -0.1) is 0 Å². The highest BCUT2D eigenvalue weighted by Gasteiger charge is 2.25. The van der Waals surface area contributed by atoms with Crippen LogP contribution in [0.1, 0.15) is 43.5 Å². The van der Waals surface area contributed by atoms with Crippen LogP contribution in [0.5, 0.6) is 0 Å². The molecular weight excluding hydrogens is 198 g/mol. The standard InChI is InChI=1S/C14H21NO/c1-14(2,3)13(15-4)10-5-6-11-8-16-9-12(11)7-10/h5-7,13,15H,8-9H2,1-4H3. The minimum Gasteiger partial charge on any atom is -0.372 e. The van der Waals surface area contributed by atoms with Gasteiger partial charge in [0.15, 0.2) is 0 Å². The number of benzene rings is 1. The van der Waals surface area contributed by atoms with Gasteiger partial charge in [-0.1, -0.05) is 39.0 Å². The Hall–Kier alpha value is -0.860. The van der Waals surface area contributed by atoms with E-state index in [1.165, 1.54) is 16.7 Å². The minimum atomic E-state index is 0.225. The van der Waals surface area contributed by atoms with E-state index in [0.717, 1.165) is 13.2 Å². The van der Waals surface area contributed by atoms with Crippen molar-refractivity contribution in [1.29, 1.82) is 0 Å². The molecule has 2 heteroatoms. The first-order chi connectivity index (χ1) is 7.52. The summed E-state index contributed by atoms with van der Waals surface area (Å²) in [6.45, 7) is 8.33. The Bertz CT molecular complexity index is 379. The highest BCUT2D eigenvalue weighted by molar-refractivity contribution is 5.35. The Morgan fingerprint density at radius 1 is 1.19 bits per heavy atom. The van der Waals surface area contributed by atoms with Crippen LogP contribution in [0.25, 0.3) is 0 Å². The molecule has 0 aromatic heterocycles.